The molecule has 2 heterocycles. The Labute approximate surface area is 87.0 Å². The molecule has 0 aliphatic carbocycles. The standard InChI is InChI=1S/C8H3IN2S/c9-7-2-6-1-5(3-10)4-11-8(6)12-7/h1-2,4H. The van der Waals surface area contributed by atoms with Gasteiger partial charge in [0, 0.05) is 11.6 Å². The Morgan fingerprint density at radius 3 is 3.08 bits per heavy atom. The summed E-state index contributed by atoms with van der Waals surface area (Å²) in [6.07, 6.45) is 1.61. The van der Waals surface area contributed by atoms with Crippen LogP contribution in [-0.2, 0) is 0 Å². The molecule has 0 aliphatic rings. The lowest BCUT2D eigenvalue weighted by Gasteiger charge is -1.87. The van der Waals surface area contributed by atoms with Gasteiger partial charge in [-0.3, -0.25) is 0 Å². The third-order valence-electron chi connectivity index (χ3n) is 1.47. The number of hydrogen-bond donors (Lipinski definition) is 0. The van der Waals surface area contributed by atoms with Crippen LogP contribution in [0.4, 0.5) is 0 Å². The Hall–Kier alpha value is -0.670. The Morgan fingerprint density at radius 1 is 1.50 bits per heavy atom. The first-order valence-corrected chi connectivity index (χ1v) is 5.14. The van der Waals surface area contributed by atoms with E-state index < -0.39 is 0 Å². The molecule has 2 nitrogen and oxygen atoms in total. The van der Waals surface area contributed by atoms with Gasteiger partial charge in [0.25, 0.3) is 0 Å². The van der Waals surface area contributed by atoms with Crippen molar-refractivity contribution in [3.8, 4) is 6.07 Å². The summed E-state index contributed by atoms with van der Waals surface area (Å²) >= 11 is 3.89. The topological polar surface area (TPSA) is 36.7 Å². The van der Waals surface area contributed by atoms with Crippen LogP contribution in [0.15, 0.2) is 18.3 Å². The number of nitrogens with zero attached hydrogens (tertiary/aromatic N) is 2. The zero-order valence-electron chi connectivity index (χ0n) is 5.91. The second-order valence-electron chi connectivity index (χ2n) is 2.28. The summed E-state index contributed by atoms with van der Waals surface area (Å²) in [6.45, 7) is 0. The largest absolute Gasteiger partial charge is 0.244 e. The third-order valence-corrected chi connectivity index (χ3v) is 3.29. The average molecular weight is 286 g/mol. The van der Waals surface area contributed by atoms with Crippen LogP contribution in [-0.4, -0.2) is 4.98 Å². The summed E-state index contributed by atoms with van der Waals surface area (Å²) in [4.78, 5) is 5.16. The molecule has 12 heavy (non-hydrogen) atoms. The highest BCUT2D eigenvalue weighted by Gasteiger charge is 2.00. The van der Waals surface area contributed by atoms with E-state index >= 15 is 0 Å². The van der Waals surface area contributed by atoms with E-state index in [1.165, 1.54) is 2.88 Å². The van der Waals surface area contributed by atoms with E-state index in [1.807, 2.05) is 12.1 Å². The minimum Gasteiger partial charge on any atom is -0.244 e. The minimum atomic E-state index is 0.622. The van der Waals surface area contributed by atoms with Crippen LogP contribution in [0.3, 0.4) is 0 Å². The van der Waals surface area contributed by atoms with E-state index in [2.05, 4.69) is 33.6 Å². The first kappa shape index (κ1) is 7.95. The van der Waals surface area contributed by atoms with Crippen molar-refractivity contribution in [2.24, 2.45) is 0 Å². The van der Waals surface area contributed by atoms with Crippen molar-refractivity contribution in [2.75, 3.05) is 0 Å². The lowest BCUT2D eigenvalue weighted by atomic mass is 10.2. The molecule has 0 unspecified atom stereocenters. The maximum absolute atomic E-state index is 8.62. The summed E-state index contributed by atoms with van der Waals surface area (Å²) in [6, 6.07) is 5.97. The molecule has 0 aromatic carbocycles. The molecule has 0 saturated heterocycles. The van der Waals surface area contributed by atoms with Gasteiger partial charge in [-0.2, -0.15) is 5.26 Å². The molecule has 4 heteroatoms. The Morgan fingerprint density at radius 2 is 2.33 bits per heavy atom. The second kappa shape index (κ2) is 2.99. The van der Waals surface area contributed by atoms with Gasteiger partial charge in [-0.15, -0.1) is 11.3 Å². The van der Waals surface area contributed by atoms with Crippen molar-refractivity contribution in [2.45, 2.75) is 0 Å². The van der Waals surface area contributed by atoms with E-state index in [1.54, 1.807) is 17.5 Å². The van der Waals surface area contributed by atoms with E-state index in [-0.39, 0.29) is 0 Å². The number of halogens is 1. The molecular weight excluding hydrogens is 283 g/mol. The van der Waals surface area contributed by atoms with Crippen LogP contribution in [0, 0.1) is 14.2 Å². The molecule has 0 N–H and O–H groups in total. The van der Waals surface area contributed by atoms with Gasteiger partial charge in [-0.1, -0.05) is 0 Å². The van der Waals surface area contributed by atoms with Gasteiger partial charge in [0.15, 0.2) is 0 Å². The molecule has 0 bridgehead atoms. The minimum absolute atomic E-state index is 0.622. The maximum atomic E-state index is 8.62. The van der Waals surface area contributed by atoms with E-state index in [0.717, 1.165) is 10.2 Å². The van der Waals surface area contributed by atoms with Crippen LogP contribution in [0.5, 0.6) is 0 Å². The average Bonchev–Trinajstić information content (AvgIpc) is 2.43. The van der Waals surface area contributed by atoms with Crippen molar-refractivity contribution in [1.82, 2.24) is 4.98 Å². The number of nitriles is 1. The van der Waals surface area contributed by atoms with Crippen molar-refractivity contribution >= 4 is 44.1 Å². The highest BCUT2D eigenvalue weighted by atomic mass is 127. The van der Waals surface area contributed by atoms with Crippen molar-refractivity contribution in [3.05, 3.63) is 26.8 Å². The lowest BCUT2D eigenvalue weighted by Crippen LogP contribution is -1.75. The van der Waals surface area contributed by atoms with Crippen molar-refractivity contribution in [1.29, 1.82) is 5.26 Å². The molecule has 0 spiro atoms. The van der Waals surface area contributed by atoms with Gasteiger partial charge < -0.3 is 0 Å². The quantitative estimate of drug-likeness (QED) is 0.698. The van der Waals surface area contributed by atoms with Crippen LogP contribution in [0.25, 0.3) is 10.2 Å². The van der Waals surface area contributed by atoms with Crippen molar-refractivity contribution < 1.29 is 0 Å². The summed E-state index contributed by atoms with van der Waals surface area (Å²) in [7, 11) is 0. The number of thiophene rings is 1. The SMILES string of the molecule is N#Cc1cnc2sc(I)cc2c1. The Balaban J connectivity index is 2.77. The Kier molecular flexibility index (Phi) is 1.98. The van der Waals surface area contributed by atoms with Gasteiger partial charge in [-0.05, 0) is 34.7 Å². The number of hydrogen-bond acceptors (Lipinski definition) is 3. The molecule has 0 aliphatic heterocycles. The lowest BCUT2D eigenvalue weighted by molar-refractivity contribution is 1.39. The fourth-order valence-electron chi connectivity index (χ4n) is 0.963. The summed E-state index contributed by atoms with van der Waals surface area (Å²) in [5.74, 6) is 0. The smallest absolute Gasteiger partial charge is 0.124 e. The summed E-state index contributed by atoms with van der Waals surface area (Å²) in [5, 5.41) is 9.67. The molecule has 58 valence electrons. The zero-order chi connectivity index (χ0) is 8.55. The van der Waals surface area contributed by atoms with Gasteiger partial charge in [0.1, 0.15) is 10.9 Å². The molecule has 0 fully saturated rings. The normalized spacial score (nSPS) is 10.0. The predicted octanol–water partition coefficient (Wildman–Crippen LogP) is 2.77. The van der Waals surface area contributed by atoms with Crippen LogP contribution >= 0.6 is 33.9 Å². The number of fused-ring (bicyclic) bond motifs is 1. The van der Waals surface area contributed by atoms with Gasteiger partial charge >= 0.3 is 0 Å². The Bertz CT molecular complexity index is 469. The fourth-order valence-corrected chi connectivity index (χ4v) is 2.64. The van der Waals surface area contributed by atoms with Crippen LogP contribution < -0.4 is 0 Å². The van der Waals surface area contributed by atoms with Crippen LogP contribution in [0.1, 0.15) is 5.56 Å². The molecule has 2 aromatic rings. The van der Waals surface area contributed by atoms with Crippen molar-refractivity contribution in [3.63, 3.8) is 0 Å². The highest BCUT2D eigenvalue weighted by molar-refractivity contribution is 14.1. The molecule has 2 aromatic heterocycles. The number of rotatable bonds is 0. The summed E-state index contributed by atoms with van der Waals surface area (Å²) in [5.41, 5.74) is 0.622. The molecule has 0 amide bonds. The van der Waals surface area contributed by atoms with Gasteiger partial charge in [-0.25, -0.2) is 4.98 Å². The first-order valence-electron chi connectivity index (χ1n) is 3.25. The molecule has 0 atom stereocenters. The number of pyridine rings is 1. The second-order valence-corrected chi connectivity index (χ2v) is 5.21. The predicted molar refractivity (Wildman–Crippen MR) is 57.1 cm³/mol. The van der Waals surface area contributed by atoms with E-state index in [9.17, 15) is 0 Å². The monoisotopic (exact) mass is 286 g/mol. The summed E-state index contributed by atoms with van der Waals surface area (Å²) < 4.78 is 1.20. The molecule has 0 saturated carbocycles. The van der Waals surface area contributed by atoms with E-state index in [4.69, 9.17) is 5.26 Å². The first-order chi connectivity index (χ1) is 5.79. The molecular formula is C8H3IN2S. The molecule has 2 rings (SSSR count). The third kappa shape index (κ3) is 1.30. The van der Waals surface area contributed by atoms with Gasteiger partial charge in [0.05, 0.1) is 8.45 Å². The highest BCUT2D eigenvalue weighted by Crippen LogP contribution is 2.25. The fraction of sp³-hybridized carbons (Fsp3) is 0. The van der Waals surface area contributed by atoms with E-state index in [0.29, 0.717) is 5.56 Å². The molecule has 0 radical (unpaired) electrons. The van der Waals surface area contributed by atoms with Gasteiger partial charge in [0.2, 0.25) is 0 Å². The zero-order valence-corrected chi connectivity index (χ0v) is 8.89. The number of aromatic nitrogens is 1. The van der Waals surface area contributed by atoms with Crippen LogP contribution in [0.2, 0.25) is 0 Å². The maximum Gasteiger partial charge on any atom is 0.124 e.